The number of likely N-dealkylation sites (tertiary alicyclic amines) is 1. The molecule has 0 bridgehead atoms. The number of halogens is 3. The van der Waals surface area contributed by atoms with Gasteiger partial charge in [-0.25, -0.2) is 19.4 Å². The van der Waals surface area contributed by atoms with Gasteiger partial charge in [0.1, 0.15) is 61.2 Å². The van der Waals surface area contributed by atoms with Crippen molar-refractivity contribution in [2.45, 2.75) is 148 Å². The van der Waals surface area contributed by atoms with Gasteiger partial charge in [-0.05, 0) is 234 Å². The largest absolute Gasteiger partial charge is 0.494 e. The van der Waals surface area contributed by atoms with E-state index in [1.54, 1.807) is 36.7 Å². The number of fused-ring (bicyclic) bond motifs is 9. The molecule has 6 aromatic carbocycles. The first kappa shape index (κ1) is 86.3. The molecular weight excluding hydrogens is 1530 g/mol. The van der Waals surface area contributed by atoms with Gasteiger partial charge in [0.25, 0.3) is 0 Å². The first-order valence-corrected chi connectivity index (χ1v) is 42.6. The number of hydrogen-bond donors (Lipinski definition) is 5. The molecule has 0 saturated carbocycles. The number of H-pyrrole nitrogens is 3. The number of aliphatic hydroxyl groups is 1. The first-order valence-electron chi connectivity index (χ1n) is 41.5. The van der Waals surface area contributed by atoms with Crippen LogP contribution >= 0.6 is 34.8 Å². The SMILES string of the molecule is CC(C)COC(=O)N1CCc2c([nH]c3ccc(Cl)cc23)C1c1ccc(OCCCCCCn2cncn2)cc1.COCCOC(=O)N1CCc2c([nH]c3ccc(Cl)cc23)C1c1ccc(OCCCCCCN2CCCC2)cc1.COCCOC(=O)N1CCc2c([nH]c3ccc(Cl)cc23)C1c1ccc(OCCCCCCNCCO)cc1. The van der Waals surface area contributed by atoms with Crippen LogP contribution in [0.2, 0.25) is 15.1 Å². The maximum absolute atomic E-state index is 13.2. The highest BCUT2D eigenvalue weighted by Crippen LogP contribution is 2.44. The summed E-state index contributed by atoms with van der Waals surface area (Å²) < 4.78 is 46.7. The molecule has 4 aromatic heterocycles. The fourth-order valence-electron chi connectivity index (χ4n) is 15.9. The molecule has 1 fully saturated rings. The Hall–Kier alpha value is -9.04. The minimum absolute atomic E-state index is 0.182. The molecule has 8 heterocycles. The van der Waals surface area contributed by atoms with Gasteiger partial charge in [0, 0.05) is 112 Å². The van der Waals surface area contributed by atoms with Gasteiger partial charge >= 0.3 is 18.3 Å². The second-order valence-corrected chi connectivity index (χ2v) is 31.8. The number of carbonyl (C=O) groups is 3. The molecule has 10 aromatic rings. The Labute approximate surface area is 696 Å². The molecule has 1 saturated heterocycles. The molecule has 3 unspecified atom stereocenters. The third-order valence-corrected chi connectivity index (χ3v) is 22.5. The maximum atomic E-state index is 13.2. The molecular formula is C90H114Cl3N11O12. The van der Waals surface area contributed by atoms with E-state index < -0.39 is 0 Å². The summed E-state index contributed by atoms with van der Waals surface area (Å²) in [5.41, 5.74) is 12.6. The van der Waals surface area contributed by atoms with Gasteiger partial charge in [0.15, 0.2) is 0 Å². The Bertz CT molecular complexity index is 4690. The number of benzene rings is 6. The molecule has 0 radical (unpaired) electrons. The zero-order valence-electron chi connectivity index (χ0n) is 67.5. The summed E-state index contributed by atoms with van der Waals surface area (Å²) in [5.74, 6) is 2.76. The molecule has 0 spiro atoms. The predicted octanol–water partition coefficient (Wildman–Crippen LogP) is 18.5. The van der Waals surface area contributed by atoms with E-state index in [0.29, 0.717) is 80.7 Å². The number of aliphatic hydroxyl groups excluding tert-OH is 1. The quantitative estimate of drug-likeness (QED) is 0.0179. The number of nitrogens with one attached hydrogen (secondary N) is 4. The van der Waals surface area contributed by atoms with E-state index in [9.17, 15) is 14.4 Å². The van der Waals surface area contributed by atoms with Crippen molar-refractivity contribution in [2.75, 3.05) is 126 Å². The first-order chi connectivity index (χ1) is 56.7. The third kappa shape index (κ3) is 23.7. The van der Waals surface area contributed by atoms with Crippen LogP contribution in [0.3, 0.4) is 0 Å². The highest BCUT2D eigenvalue weighted by atomic mass is 35.5. The monoisotopic (exact) mass is 1650 g/mol. The average molecular weight is 1650 g/mol. The maximum Gasteiger partial charge on any atom is 0.410 e. The van der Waals surface area contributed by atoms with Crippen molar-refractivity contribution >= 4 is 85.8 Å². The molecule has 0 aliphatic carbocycles. The van der Waals surface area contributed by atoms with Gasteiger partial charge < -0.3 is 68.2 Å². The molecule has 14 rings (SSSR count). The van der Waals surface area contributed by atoms with Crippen molar-refractivity contribution in [1.29, 1.82) is 0 Å². The minimum atomic E-state index is -0.360. The van der Waals surface area contributed by atoms with Crippen LogP contribution in [-0.2, 0) is 49.5 Å². The van der Waals surface area contributed by atoms with Gasteiger partial charge in [-0.2, -0.15) is 5.10 Å². The molecule has 23 nitrogen and oxygen atoms in total. The minimum Gasteiger partial charge on any atom is -0.494 e. The number of nitrogens with zero attached hydrogens (tertiary/aromatic N) is 7. The van der Waals surface area contributed by atoms with E-state index in [4.69, 9.17) is 77.8 Å². The van der Waals surface area contributed by atoms with Crippen LogP contribution in [-0.4, -0.2) is 199 Å². The summed E-state index contributed by atoms with van der Waals surface area (Å²) in [6.07, 6.45) is 20.7. The summed E-state index contributed by atoms with van der Waals surface area (Å²) in [7, 11) is 3.18. The zero-order chi connectivity index (χ0) is 81.0. The Balaban J connectivity index is 0.000000160. The molecule has 3 atom stereocenters. The fourth-order valence-corrected chi connectivity index (χ4v) is 16.4. The summed E-state index contributed by atoms with van der Waals surface area (Å²) in [4.78, 5) is 62.0. The van der Waals surface area contributed by atoms with Crippen LogP contribution in [0, 0.1) is 5.92 Å². The molecule has 4 aliphatic rings. The summed E-state index contributed by atoms with van der Waals surface area (Å²) in [6.45, 7) is 15.8. The third-order valence-electron chi connectivity index (χ3n) is 21.8. The van der Waals surface area contributed by atoms with Crippen molar-refractivity contribution < 1.29 is 57.4 Å². The molecule has 5 N–H and O–H groups in total. The van der Waals surface area contributed by atoms with Gasteiger partial charge in [0.05, 0.1) is 46.2 Å². The number of methoxy groups -OCH3 is 2. The van der Waals surface area contributed by atoms with Crippen LogP contribution in [0.5, 0.6) is 17.2 Å². The van der Waals surface area contributed by atoms with E-state index in [2.05, 4.69) is 59.5 Å². The number of aromatic nitrogens is 6. The lowest BCUT2D eigenvalue weighted by atomic mass is 9.92. The Morgan fingerprint density at radius 2 is 0.853 bits per heavy atom. The van der Waals surface area contributed by atoms with Gasteiger partial charge in [-0.1, -0.05) is 117 Å². The molecule has 622 valence electrons. The second-order valence-electron chi connectivity index (χ2n) is 30.5. The van der Waals surface area contributed by atoms with Crippen LogP contribution < -0.4 is 19.5 Å². The smallest absolute Gasteiger partial charge is 0.410 e. The molecule has 3 amide bonds. The summed E-state index contributed by atoms with van der Waals surface area (Å²) in [5, 5.41) is 21.5. The Morgan fingerprint density at radius 1 is 0.466 bits per heavy atom. The van der Waals surface area contributed by atoms with Crippen molar-refractivity contribution in [1.82, 2.24) is 54.6 Å². The number of hydrogen-bond acceptors (Lipinski definition) is 16. The standard InChI is InChI=1S/C31H40ClN3O4.C30H36ClN5O3.C29H38ClN3O5/c1-37-20-21-39-31(36)35-18-14-26-27-22-24(32)10-13-28(27)33-29(26)30(35)23-8-11-25(12-9-23)38-19-7-3-2-4-15-34-16-5-6-17-34;1-21(2)18-39-30(37)36-15-13-25-26-17-23(31)9-12-27(26)34-28(25)29(36)22-7-10-24(11-8-22)38-16-6-4-3-5-14-35-20-32-19-33-35;1-36-18-19-38-29(35)33-15-12-24-25-20-22(30)8-11-26(25)32-27(24)28(33)21-6-9-23(10-7-21)37-17-5-3-2-4-13-31-14-16-34/h8-13,22,30,33H,2-7,14-21H2,1H3;7-12,17,19-21,29,34H,3-6,13-16,18H2,1-2H3;6-11,20,28,31-32,34H,2-5,12-19H2,1H3. The van der Waals surface area contributed by atoms with Crippen molar-refractivity contribution in [3.63, 3.8) is 0 Å². The number of aromatic amines is 3. The number of ether oxygens (including phenoxy) is 8. The topological polar surface area (TPSA) is 248 Å². The van der Waals surface area contributed by atoms with E-state index in [0.717, 1.165) is 174 Å². The molecule has 116 heavy (non-hydrogen) atoms. The molecule has 4 aliphatic heterocycles. The van der Waals surface area contributed by atoms with Crippen molar-refractivity contribution in [2.24, 2.45) is 5.92 Å². The summed E-state index contributed by atoms with van der Waals surface area (Å²) >= 11 is 18.9. The van der Waals surface area contributed by atoms with Gasteiger partial charge in [-0.3, -0.25) is 19.4 Å². The lowest BCUT2D eigenvalue weighted by Gasteiger charge is -2.35. The van der Waals surface area contributed by atoms with E-state index >= 15 is 0 Å². The van der Waals surface area contributed by atoms with Crippen molar-refractivity contribution in [3.05, 3.63) is 206 Å². The number of aryl methyl sites for hydroxylation is 1. The predicted molar refractivity (Wildman–Crippen MR) is 456 cm³/mol. The van der Waals surface area contributed by atoms with E-state index in [1.807, 2.05) is 127 Å². The van der Waals surface area contributed by atoms with Gasteiger partial charge in [0.2, 0.25) is 0 Å². The van der Waals surface area contributed by atoms with Crippen LogP contribution in [0.15, 0.2) is 140 Å². The lowest BCUT2D eigenvalue weighted by Crippen LogP contribution is -2.41. The number of rotatable bonds is 37. The van der Waals surface area contributed by atoms with E-state index in [-0.39, 0.29) is 62.1 Å². The lowest BCUT2D eigenvalue weighted by molar-refractivity contribution is 0.0626. The second kappa shape index (κ2) is 44.5. The zero-order valence-corrected chi connectivity index (χ0v) is 69.8. The van der Waals surface area contributed by atoms with Crippen LogP contribution in [0.25, 0.3) is 32.7 Å². The van der Waals surface area contributed by atoms with E-state index in [1.165, 1.54) is 68.4 Å². The highest BCUT2D eigenvalue weighted by Gasteiger charge is 2.39. The van der Waals surface area contributed by atoms with Crippen molar-refractivity contribution in [3.8, 4) is 17.2 Å². The normalized spacial score (nSPS) is 15.9. The average Bonchev–Trinajstić information content (AvgIpc) is 1.60. The summed E-state index contributed by atoms with van der Waals surface area (Å²) in [6, 6.07) is 40.9. The Morgan fingerprint density at radius 3 is 1.23 bits per heavy atom. The fraction of sp³-hybridized carbons (Fsp3) is 0.478. The Kier molecular flexibility index (Phi) is 33.1. The van der Waals surface area contributed by atoms with Gasteiger partial charge in [-0.15, -0.1) is 0 Å². The number of amides is 3. The van der Waals surface area contributed by atoms with Crippen LogP contribution in [0.1, 0.15) is 172 Å². The number of carbonyl (C=O) groups excluding carboxylic acids is 3. The highest BCUT2D eigenvalue weighted by molar-refractivity contribution is 6.32. The molecule has 26 heteroatoms. The number of unbranched alkanes of at least 4 members (excludes halogenated alkanes) is 9. The van der Waals surface area contributed by atoms with Crippen LogP contribution in [0.4, 0.5) is 14.4 Å².